The number of carbonyl (C=O) groups excluding carboxylic acids is 1. The second-order valence-corrected chi connectivity index (χ2v) is 8.61. The molecule has 0 saturated carbocycles. The fourth-order valence-corrected chi connectivity index (χ4v) is 4.54. The van der Waals surface area contributed by atoms with Crippen LogP contribution in [0.3, 0.4) is 0 Å². The maximum Gasteiger partial charge on any atom is 0.224 e. The summed E-state index contributed by atoms with van der Waals surface area (Å²) in [5.74, 6) is 2.40. The Morgan fingerprint density at radius 3 is 2.53 bits per heavy atom. The van der Waals surface area contributed by atoms with Gasteiger partial charge in [0.2, 0.25) is 5.91 Å². The molecule has 6 nitrogen and oxygen atoms in total. The monoisotopic (exact) mass is 450 g/mol. The number of likely N-dealkylation sites (tertiary alicyclic amines) is 1. The molecule has 1 saturated heterocycles. The van der Waals surface area contributed by atoms with Crippen LogP contribution in [0.4, 0.5) is 0 Å². The summed E-state index contributed by atoms with van der Waals surface area (Å²) in [6.07, 6.45) is 3.63. The van der Waals surface area contributed by atoms with Crippen molar-refractivity contribution in [2.75, 3.05) is 19.7 Å². The van der Waals surface area contributed by atoms with Crippen LogP contribution in [0.1, 0.15) is 31.7 Å². The molecule has 2 heterocycles. The maximum atomic E-state index is 12.9. The van der Waals surface area contributed by atoms with E-state index in [0.717, 1.165) is 49.5 Å². The lowest BCUT2D eigenvalue weighted by Crippen LogP contribution is -2.39. The summed E-state index contributed by atoms with van der Waals surface area (Å²) in [4.78, 5) is 14.9. The average Bonchev–Trinajstić information content (AvgIpc) is 3.19. The van der Waals surface area contributed by atoms with Crippen molar-refractivity contribution >= 4 is 18.1 Å². The van der Waals surface area contributed by atoms with Gasteiger partial charge in [-0.05, 0) is 74.2 Å². The zero-order valence-electron chi connectivity index (χ0n) is 18.5. The van der Waals surface area contributed by atoms with E-state index in [4.69, 9.17) is 17.0 Å². The molecule has 0 bridgehead atoms. The van der Waals surface area contributed by atoms with Crippen molar-refractivity contribution in [3.63, 3.8) is 0 Å². The molecule has 0 spiro atoms. The molecule has 1 aliphatic rings. The molecule has 2 aromatic carbocycles. The van der Waals surface area contributed by atoms with Crippen LogP contribution in [0.25, 0.3) is 11.4 Å². The van der Waals surface area contributed by atoms with Gasteiger partial charge in [-0.25, -0.2) is 0 Å². The molecule has 0 aliphatic carbocycles. The Bertz CT molecular complexity index is 1070. The zero-order valence-corrected chi connectivity index (χ0v) is 19.3. The predicted octanol–water partition coefficient (Wildman–Crippen LogP) is 4.88. The standard InChI is InChI=1S/C25H30N4O2S/c1-2-31-22-10-8-21(9-11-22)24-26-27-25(32)29(24)17-14-23(30)28-15-12-20(13-16-28)18-19-6-4-3-5-7-19/h3-11,20H,2,12-18H2,1H3,(H,27,32). The number of ether oxygens (including phenoxy) is 1. The first-order chi connectivity index (χ1) is 15.6. The Hall–Kier alpha value is -2.93. The smallest absolute Gasteiger partial charge is 0.224 e. The summed E-state index contributed by atoms with van der Waals surface area (Å²) in [5, 5.41) is 7.25. The van der Waals surface area contributed by atoms with Crippen LogP contribution in [0.5, 0.6) is 5.75 Å². The van der Waals surface area contributed by atoms with E-state index in [-0.39, 0.29) is 5.91 Å². The van der Waals surface area contributed by atoms with Crippen molar-refractivity contribution in [2.45, 2.75) is 39.2 Å². The van der Waals surface area contributed by atoms with Crippen LogP contribution in [0.15, 0.2) is 54.6 Å². The maximum absolute atomic E-state index is 12.9. The molecule has 1 fully saturated rings. The topological polar surface area (TPSA) is 63.1 Å². The number of nitrogens with one attached hydrogen (secondary N) is 1. The van der Waals surface area contributed by atoms with E-state index in [2.05, 4.69) is 40.5 Å². The SMILES string of the molecule is CCOc1ccc(-c2n[nH]c(=S)n2CCC(=O)N2CCC(Cc3ccccc3)CC2)cc1. The third kappa shape index (κ3) is 5.46. The molecule has 0 atom stereocenters. The van der Waals surface area contributed by atoms with Gasteiger partial charge in [0.1, 0.15) is 5.75 Å². The van der Waals surface area contributed by atoms with Crippen LogP contribution in [-0.2, 0) is 17.8 Å². The number of carbonyl (C=O) groups is 1. The number of H-pyrrole nitrogens is 1. The molecule has 0 radical (unpaired) electrons. The Morgan fingerprint density at radius 2 is 1.84 bits per heavy atom. The molecule has 3 aromatic rings. The van der Waals surface area contributed by atoms with Crippen LogP contribution in [0, 0.1) is 10.7 Å². The largest absolute Gasteiger partial charge is 0.494 e. The third-order valence-electron chi connectivity index (χ3n) is 6.07. The van der Waals surface area contributed by atoms with E-state index < -0.39 is 0 Å². The number of aromatic nitrogens is 3. The summed E-state index contributed by atoms with van der Waals surface area (Å²) >= 11 is 5.42. The van der Waals surface area contributed by atoms with Crippen LogP contribution in [0.2, 0.25) is 0 Å². The Kier molecular flexibility index (Phi) is 7.37. The summed E-state index contributed by atoms with van der Waals surface area (Å²) in [5.41, 5.74) is 2.32. The van der Waals surface area contributed by atoms with Crippen LogP contribution in [-0.4, -0.2) is 45.3 Å². The van der Waals surface area contributed by atoms with Gasteiger partial charge in [0.05, 0.1) is 6.61 Å². The van der Waals surface area contributed by atoms with Gasteiger partial charge < -0.3 is 9.64 Å². The second kappa shape index (κ2) is 10.6. The number of amides is 1. The molecule has 1 aliphatic heterocycles. The lowest BCUT2D eigenvalue weighted by atomic mass is 9.90. The molecule has 168 valence electrons. The Balaban J connectivity index is 1.32. The van der Waals surface area contributed by atoms with E-state index in [9.17, 15) is 4.79 Å². The molecular formula is C25H30N4O2S. The van der Waals surface area contributed by atoms with E-state index in [1.54, 1.807) is 0 Å². The van der Waals surface area contributed by atoms with Crippen molar-refractivity contribution in [3.05, 3.63) is 64.9 Å². The molecule has 4 rings (SSSR count). The fourth-order valence-electron chi connectivity index (χ4n) is 4.31. The number of benzene rings is 2. The van der Waals surface area contributed by atoms with Gasteiger partial charge in [0.25, 0.3) is 0 Å². The molecule has 32 heavy (non-hydrogen) atoms. The summed E-state index contributed by atoms with van der Waals surface area (Å²) < 4.78 is 7.95. The molecule has 1 N–H and O–H groups in total. The van der Waals surface area contributed by atoms with Gasteiger partial charge in [0, 0.05) is 31.6 Å². The Morgan fingerprint density at radius 1 is 1.12 bits per heavy atom. The van der Waals surface area contributed by atoms with Gasteiger partial charge >= 0.3 is 0 Å². The van der Waals surface area contributed by atoms with Crippen molar-refractivity contribution in [1.82, 2.24) is 19.7 Å². The van der Waals surface area contributed by atoms with Crippen molar-refractivity contribution in [3.8, 4) is 17.1 Å². The van der Waals surface area contributed by atoms with E-state index in [0.29, 0.717) is 30.3 Å². The normalized spacial score (nSPS) is 14.5. The van der Waals surface area contributed by atoms with Crippen molar-refractivity contribution in [1.29, 1.82) is 0 Å². The summed E-state index contributed by atoms with van der Waals surface area (Å²) in [6.45, 7) is 4.77. The minimum atomic E-state index is 0.184. The predicted molar refractivity (Wildman–Crippen MR) is 128 cm³/mol. The quantitative estimate of drug-likeness (QED) is 0.497. The van der Waals surface area contributed by atoms with E-state index >= 15 is 0 Å². The highest BCUT2D eigenvalue weighted by Crippen LogP contribution is 2.24. The number of hydrogen-bond acceptors (Lipinski definition) is 4. The van der Waals surface area contributed by atoms with Crippen LogP contribution < -0.4 is 4.74 Å². The lowest BCUT2D eigenvalue weighted by molar-refractivity contribution is -0.132. The van der Waals surface area contributed by atoms with Gasteiger partial charge in [-0.15, -0.1) is 0 Å². The summed E-state index contributed by atoms with van der Waals surface area (Å²) in [7, 11) is 0. The van der Waals surface area contributed by atoms with Gasteiger partial charge in [0.15, 0.2) is 10.6 Å². The van der Waals surface area contributed by atoms with E-state index in [1.165, 1.54) is 5.56 Å². The lowest BCUT2D eigenvalue weighted by Gasteiger charge is -2.32. The van der Waals surface area contributed by atoms with Gasteiger partial charge in [-0.1, -0.05) is 30.3 Å². The first-order valence-corrected chi connectivity index (χ1v) is 11.7. The molecule has 1 aromatic heterocycles. The highest BCUT2D eigenvalue weighted by atomic mass is 32.1. The third-order valence-corrected chi connectivity index (χ3v) is 6.38. The van der Waals surface area contributed by atoms with Crippen molar-refractivity contribution in [2.24, 2.45) is 5.92 Å². The van der Waals surface area contributed by atoms with E-state index in [1.807, 2.05) is 40.7 Å². The number of piperidine rings is 1. The van der Waals surface area contributed by atoms with Gasteiger partial charge in [-0.3, -0.25) is 14.5 Å². The Labute approximate surface area is 194 Å². The summed E-state index contributed by atoms with van der Waals surface area (Å²) in [6, 6.07) is 18.4. The number of aromatic amines is 1. The molecular weight excluding hydrogens is 420 g/mol. The van der Waals surface area contributed by atoms with Crippen molar-refractivity contribution < 1.29 is 9.53 Å². The highest BCUT2D eigenvalue weighted by Gasteiger charge is 2.23. The fraction of sp³-hybridized carbons (Fsp3) is 0.400. The first kappa shape index (κ1) is 22.3. The van der Waals surface area contributed by atoms with Crippen LogP contribution >= 0.6 is 12.2 Å². The second-order valence-electron chi connectivity index (χ2n) is 8.23. The number of hydrogen-bond donors (Lipinski definition) is 1. The average molecular weight is 451 g/mol. The minimum Gasteiger partial charge on any atom is -0.494 e. The number of rotatable bonds is 8. The molecule has 0 unspecified atom stereocenters. The van der Waals surface area contributed by atoms with Gasteiger partial charge in [-0.2, -0.15) is 5.10 Å². The molecule has 7 heteroatoms. The minimum absolute atomic E-state index is 0.184. The highest BCUT2D eigenvalue weighted by molar-refractivity contribution is 7.71. The zero-order chi connectivity index (χ0) is 22.3. The number of nitrogens with zero attached hydrogens (tertiary/aromatic N) is 3. The molecule has 1 amide bonds. The first-order valence-electron chi connectivity index (χ1n) is 11.3.